The van der Waals surface area contributed by atoms with Crippen molar-refractivity contribution in [3.8, 4) is 5.75 Å². The average molecular weight is 359 g/mol. The highest BCUT2D eigenvalue weighted by Gasteiger charge is 2.15. The molecule has 1 amide bonds. The molecular weight excluding hydrogens is 342 g/mol. The van der Waals surface area contributed by atoms with Gasteiger partial charge in [-0.1, -0.05) is 36.4 Å². The van der Waals surface area contributed by atoms with Gasteiger partial charge in [-0.15, -0.1) is 0 Å². The molecule has 3 N–H and O–H groups in total. The van der Waals surface area contributed by atoms with Crippen LogP contribution in [0.15, 0.2) is 73.1 Å². The van der Waals surface area contributed by atoms with Gasteiger partial charge in [0.1, 0.15) is 17.1 Å². The lowest BCUT2D eigenvalue weighted by atomic mass is 10.2. The van der Waals surface area contributed by atoms with E-state index in [1.165, 1.54) is 6.20 Å². The monoisotopic (exact) mass is 359 g/mol. The molecular formula is C20H17N5O2. The van der Waals surface area contributed by atoms with Gasteiger partial charge in [-0.25, -0.2) is 9.50 Å². The number of anilines is 2. The fourth-order valence-corrected chi connectivity index (χ4v) is 2.69. The zero-order chi connectivity index (χ0) is 18.6. The molecule has 7 nitrogen and oxygen atoms in total. The van der Waals surface area contributed by atoms with Gasteiger partial charge >= 0.3 is 0 Å². The predicted molar refractivity (Wildman–Crippen MR) is 103 cm³/mol. The second kappa shape index (κ2) is 7.17. The van der Waals surface area contributed by atoms with E-state index in [0.717, 1.165) is 5.56 Å². The third-order valence-corrected chi connectivity index (χ3v) is 4.10. The first-order valence-corrected chi connectivity index (χ1v) is 8.42. The normalized spacial score (nSPS) is 10.7. The molecule has 0 atom stereocenters. The van der Waals surface area contributed by atoms with Gasteiger partial charge in [0.25, 0.3) is 5.91 Å². The van der Waals surface area contributed by atoms with Gasteiger partial charge in [0.05, 0.1) is 6.20 Å². The van der Waals surface area contributed by atoms with Gasteiger partial charge in [0.2, 0.25) is 0 Å². The molecule has 0 spiro atoms. The minimum Gasteiger partial charge on any atom is -0.508 e. The number of carbonyl (C=O) groups is 1. The fraction of sp³-hybridized carbons (Fsp3) is 0.0500. The van der Waals surface area contributed by atoms with Gasteiger partial charge in [-0.3, -0.25) is 4.79 Å². The third kappa shape index (κ3) is 3.57. The molecule has 0 radical (unpaired) electrons. The molecule has 2 aromatic heterocycles. The number of rotatable bonds is 5. The van der Waals surface area contributed by atoms with Gasteiger partial charge in [-0.05, 0) is 24.3 Å². The smallest absolute Gasteiger partial charge is 0.261 e. The van der Waals surface area contributed by atoms with Crippen LogP contribution < -0.4 is 10.6 Å². The van der Waals surface area contributed by atoms with Crippen molar-refractivity contribution in [2.24, 2.45) is 0 Å². The van der Waals surface area contributed by atoms with Crippen LogP contribution >= 0.6 is 0 Å². The number of phenols is 1. The lowest BCUT2D eigenvalue weighted by Crippen LogP contribution is -2.12. The topological polar surface area (TPSA) is 91.6 Å². The summed E-state index contributed by atoms with van der Waals surface area (Å²) in [6.45, 7) is 0.412. The summed E-state index contributed by atoms with van der Waals surface area (Å²) in [5.41, 5.74) is 2.29. The second-order valence-electron chi connectivity index (χ2n) is 5.94. The highest BCUT2D eigenvalue weighted by Crippen LogP contribution is 2.18. The summed E-state index contributed by atoms with van der Waals surface area (Å²) in [5, 5.41) is 20.0. The number of amides is 1. The lowest BCUT2D eigenvalue weighted by Gasteiger charge is -2.08. The van der Waals surface area contributed by atoms with Crippen LogP contribution in [-0.2, 0) is 6.54 Å². The number of carbonyl (C=O) groups excluding carboxylic acids is 1. The number of nitrogens with one attached hydrogen (secondary N) is 2. The number of phenolic OH excluding ortho intramolecular Hbond substituents is 1. The Morgan fingerprint density at radius 3 is 2.63 bits per heavy atom. The number of aromatic nitrogens is 3. The van der Waals surface area contributed by atoms with Crippen LogP contribution in [0.25, 0.3) is 5.65 Å². The number of hydrogen-bond acceptors (Lipinski definition) is 5. The quantitative estimate of drug-likeness (QED) is 0.508. The summed E-state index contributed by atoms with van der Waals surface area (Å²) in [6, 6.07) is 18.1. The number of fused-ring (bicyclic) bond motifs is 1. The number of aromatic hydroxyl groups is 1. The van der Waals surface area contributed by atoms with Crippen LogP contribution in [0, 0.1) is 0 Å². The molecule has 4 aromatic rings. The summed E-state index contributed by atoms with van der Waals surface area (Å²) in [7, 11) is 0. The molecule has 0 aliphatic rings. The van der Waals surface area contributed by atoms with Crippen LogP contribution in [0.5, 0.6) is 5.75 Å². The van der Waals surface area contributed by atoms with Gasteiger partial charge in [0, 0.05) is 24.0 Å². The fourth-order valence-electron chi connectivity index (χ4n) is 2.69. The minimum absolute atomic E-state index is 0.221. The molecule has 2 heterocycles. The van der Waals surface area contributed by atoms with Crippen molar-refractivity contribution in [1.82, 2.24) is 14.6 Å². The Morgan fingerprint density at radius 2 is 1.81 bits per heavy atom. The number of hydrogen-bond donors (Lipinski definition) is 3. The molecule has 134 valence electrons. The van der Waals surface area contributed by atoms with Gasteiger partial charge in [0.15, 0.2) is 5.65 Å². The first kappa shape index (κ1) is 16.6. The molecule has 2 aromatic carbocycles. The van der Waals surface area contributed by atoms with E-state index in [1.807, 2.05) is 42.5 Å². The molecule has 0 bridgehead atoms. The maximum Gasteiger partial charge on any atom is 0.261 e. The van der Waals surface area contributed by atoms with Crippen molar-refractivity contribution in [3.63, 3.8) is 0 Å². The second-order valence-corrected chi connectivity index (χ2v) is 5.94. The molecule has 4 rings (SSSR count). The van der Waals surface area contributed by atoms with Crippen LogP contribution in [0.3, 0.4) is 0 Å². The van der Waals surface area contributed by atoms with Gasteiger partial charge in [-0.2, -0.15) is 5.10 Å². The summed E-state index contributed by atoms with van der Waals surface area (Å²) < 4.78 is 1.55. The summed E-state index contributed by atoms with van der Waals surface area (Å²) >= 11 is 0. The standard InChI is InChI=1S/C20H17N5O2/c26-17-9-5-4-6-14(17)12-21-18-10-11-25-19(24-18)16(13-22-25)20(27)23-15-7-2-1-3-8-15/h1-11,13,26H,12H2,(H,21,24)(H,23,27). The zero-order valence-electron chi connectivity index (χ0n) is 14.3. The molecule has 0 aliphatic carbocycles. The molecule has 0 saturated carbocycles. The average Bonchev–Trinajstić information content (AvgIpc) is 3.11. The van der Waals surface area contributed by atoms with E-state index in [-0.39, 0.29) is 11.7 Å². The van der Waals surface area contributed by atoms with Crippen molar-refractivity contribution in [2.75, 3.05) is 10.6 Å². The van der Waals surface area contributed by atoms with E-state index >= 15 is 0 Å². The van der Waals surface area contributed by atoms with Crippen molar-refractivity contribution in [1.29, 1.82) is 0 Å². The van der Waals surface area contributed by atoms with E-state index in [0.29, 0.717) is 29.3 Å². The van der Waals surface area contributed by atoms with E-state index in [2.05, 4.69) is 20.7 Å². The van der Waals surface area contributed by atoms with Crippen LogP contribution in [0.2, 0.25) is 0 Å². The van der Waals surface area contributed by atoms with Crippen LogP contribution in [0.1, 0.15) is 15.9 Å². The van der Waals surface area contributed by atoms with E-state index in [9.17, 15) is 9.90 Å². The van der Waals surface area contributed by atoms with Crippen molar-refractivity contribution in [2.45, 2.75) is 6.54 Å². The summed E-state index contributed by atoms with van der Waals surface area (Å²) in [4.78, 5) is 17.1. The van der Waals surface area contributed by atoms with Crippen LogP contribution in [-0.4, -0.2) is 25.6 Å². The number of nitrogens with zero attached hydrogens (tertiary/aromatic N) is 3. The molecule has 0 fully saturated rings. The number of para-hydroxylation sites is 2. The third-order valence-electron chi connectivity index (χ3n) is 4.10. The van der Waals surface area contributed by atoms with Gasteiger partial charge < -0.3 is 15.7 Å². The molecule has 0 saturated heterocycles. The molecule has 0 unspecified atom stereocenters. The Hall–Kier alpha value is -3.87. The van der Waals surface area contributed by atoms with E-state index in [4.69, 9.17) is 0 Å². The van der Waals surface area contributed by atoms with E-state index in [1.54, 1.807) is 28.9 Å². The van der Waals surface area contributed by atoms with Crippen LogP contribution in [0.4, 0.5) is 11.5 Å². The van der Waals surface area contributed by atoms with Crippen molar-refractivity contribution >= 4 is 23.1 Å². The number of benzene rings is 2. The molecule has 0 aliphatic heterocycles. The highest BCUT2D eigenvalue weighted by molar-refractivity contribution is 6.08. The van der Waals surface area contributed by atoms with Crippen molar-refractivity contribution in [3.05, 3.63) is 84.2 Å². The Kier molecular flexibility index (Phi) is 4.40. The largest absolute Gasteiger partial charge is 0.508 e. The first-order valence-electron chi connectivity index (χ1n) is 8.42. The first-order chi connectivity index (χ1) is 13.2. The Labute approximate surface area is 155 Å². The van der Waals surface area contributed by atoms with Crippen molar-refractivity contribution < 1.29 is 9.90 Å². The Bertz CT molecular complexity index is 1090. The Balaban J connectivity index is 1.56. The maximum absolute atomic E-state index is 12.6. The molecule has 27 heavy (non-hydrogen) atoms. The lowest BCUT2D eigenvalue weighted by molar-refractivity contribution is 0.102. The summed E-state index contributed by atoms with van der Waals surface area (Å²) in [6.07, 6.45) is 3.22. The van der Waals surface area contributed by atoms with E-state index < -0.39 is 0 Å². The summed E-state index contributed by atoms with van der Waals surface area (Å²) in [5.74, 6) is 0.528. The SMILES string of the molecule is O=C(Nc1ccccc1)c1cnn2ccc(NCc3ccccc3O)nc12. The zero-order valence-corrected chi connectivity index (χ0v) is 14.3. The maximum atomic E-state index is 12.6. The minimum atomic E-state index is -0.276. The molecule has 7 heteroatoms. The Morgan fingerprint density at radius 1 is 1.04 bits per heavy atom. The predicted octanol–water partition coefficient (Wildman–Crippen LogP) is 3.30. The highest BCUT2D eigenvalue weighted by atomic mass is 16.3.